The number of nitrogens with zero attached hydrogens (tertiary/aromatic N) is 3. The number of pyridine rings is 1. The van der Waals surface area contributed by atoms with Crippen LogP contribution in [0.1, 0.15) is 25.7 Å². The van der Waals surface area contributed by atoms with Crippen LogP contribution in [-0.4, -0.2) is 27.0 Å². The minimum atomic E-state index is 0.363. The van der Waals surface area contributed by atoms with E-state index in [9.17, 15) is 0 Å². The molecule has 0 radical (unpaired) electrons. The van der Waals surface area contributed by atoms with Crippen LogP contribution in [0.2, 0.25) is 0 Å². The van der Waals surface area contributed by atoms with E-state index in [1.54, 1.807) is 6.20 Å². The van der Waals surface area contributed by atoms with Gasteiger partial charge in [0.2, 0.25) is 5.95 Å². The smallest absolute Gasteiger partial charge is 0.222 e. The van der Waals surface area contributed by atoms with Gasteiger partial charge in [0, 0.05) is 48.0 Å². The summed E-state index contributed by atoms with van der Waals surface area (Å²) >= 11 is 0. The zero-order valence-electron chi connectivity index (χ0n) is 11.4. The van der Waals surface area contributed by atoms with Gasteiger partial charge in [-0.2, -0.15) is 0 Å². The van der Waals surface area contributed by atoms with E-state index in [0.717, 1.165) is 36.8 Å². The highest BCUT2D eigenvalue weighted by Gasteiger charge is 2.18. The molecule has 0 aliphatic heterocycles. The number of hydrogen-bond acceptors (Lipinski definition) is 5. The fourth-order valence-corrected chi connectivity index (χ4v) is 2.53. The Hall–Kier alpha value is -2.01. The normalized spacial score (nSPS) is 22.4. The predicted octanol–water partition coefficient (Wildman–Crippen LogP) is 2.22. The molecule has 2 aromatic rings. The minimum Gasteiger partial charge on any atom is -0.351 e. The average molecular weight is 269 g/mol. The summed E-state index contributed by atoms with van der Waals surface area (Å²) in [7, 11) is 0. The van der Waals surface area contributed by atoms with Crippen LogP contribution >= 0.6 is 0 Å². The van der Waals surface area contributed by atoms with Gasteiger partial charge in [0.05, 0.1) is 0 Å². The molecule has 5 heteroatoms. The first kappa shape index (κ1) is 13.0. The van der Waals surface area contributed by atoms with Crippen molar-refractivity contribution in [2.24, 2.45) is 5.73 Å². The van der Waals surface area contributed by atoms with Crippen molar-refractivity contribution < 1.29 is 0 Å². The Labute approximate surface area is 118 Å². The van der Waals surface area contributed by atoms with Crippen LogP contribution < -0.4 is 11.1 Å². The van der Waals surface area contributed by atoms with Crippen LogP contribution in [0.15, 0.2) is 36.9 Å². The Balaban J connectivity index is 1.65. The minimum absolute atomic E-state index is 0.363. The van der Waals surface area contributed by atoms with Crippen molar-refractivity contribution in [1.82, 2.24) is 15.0 Å². The molecule has 3 N–H and O–H groups in total. The van der Waals surface area contributed by atoms with Crippen LogP contribution in [0, 0.1) is 0 Å². The molecule has 0 unspecified atom stereocenters. The lowest BCUT2D eigenvalue weighted by molar-refractivity contribution is 0.410. The third-order valence-electron chi connectivity index (χ3n) is 3.75. The summed E-state index contributed by atoms with van der Waals surface area (Å²) in [6.45, 7) is 0. The first-order valence-corrected chi connectivity index (χ1v) is 7.06. The lowest BCUT2D eigenvalue weighted by Crippen LogP contribution is -2.33. The van der Waals surface area contributed by atoms with Crippen LogP contribution in [0.25, 0.3) is 11.1 Å². The van der Waals surface area contributed by atoms with Crippen LogP contribution in [-0.2, 0) is 0 Å². The molecule has 0 aromatic carbocycles. The molecule has 2 aromatic heterocycles. The maximum atomic E-state index is 5.91. The lowest BCUT2D eigenvalue weighted by atomic mass is 9.92. The quantitative estimate of drug-likeness (QED) is 0.893. The van der Waals surface area contributed by atoms with Gasteiger partial charge in [-0.15, -0.1) is 0 Å². The van der Waals surface area contributed by atoms with E-state index in [4.69, 9.17) is 5.73 Å². The molecular weight excluding hydrogens is 250 g/mol. The van der Waals surface area contributed by atoms with E-state index in [1.807, 2.05) is 30.7 Å². The van der Waals surface area contributed by atoms with Gasteiger partial charge in [0.15, 0.2) is 0 Å². The molecule has 1 saturated carbocycles. The number of nitrogens with one attached hydrogen (secondary N) is 1. The zero-order valence-corrected chi connectivity index (χ0v) is 11.4. The Morgan fingerprint density at radius 3 is 2.40 bits per heavy atom. The van der Waals surface area contributed by atoms with Crippen molar-refractivity contribution in [3.05, 3.63) is 36.9 Å². The molecule has 1 aliphatic carbocycles. The molecule has 0 amide bonds. The first-order chi connectivity index (χ1) is 9.81. The monoisotopic (exact) mass is 269 g/mol. The third kappa shape index (κ3) is 3.11. The second kappa shape index (κ2) is 5.96. The number of anilines is 1. The fraction of sp³-hybridized carbons (Fsp3) is 0.400. The van der Waals surface area contributed by atoms with Gasteiger partial charge < -0.3 is 11.1 Å². The average Bonchev–Trinajstić information content (AvgIpc) is 2.51. The second-order valence-electron chi connectivity index (χ2n) is 5.29. The Kier molecular flexibility index (Phi) is 3.87. The number of hydrogen-bond donors (Lipinski definition) is 2. The fourth-order valence-electron chi connectivity index (χ4n) is 2.53. The van der Waals surface area contributed by atoms with Gasteiger partial charge in [-0.3, -0.25) is 4.98 Å². The van der Waals surface area contributed by atoms with Gasteiger partial charge >= 0.3 is 0 Å². The summed E-state index contributed by atoms with van der Waals surface area (Å²) in [6, 6.07) is 4.72. The summed E-state index contributed by atoms with van der Waals surface area (Å²) in [5.41, 5.74) is 7.92. The van der Waals surface area contributed by atoms with E-state index in [2.05, 4.69) is 20.3 Å². The van der Waals surface area contributed by atoms with Gasteiger partial charge in [-0.25, -0.2) is 9.97 Å². The second-order valence-corrected chi connectivity index (χ2v) is 5.29. The zero-order chi connectivity index (χ0) is 13.8. The highest BCUT2D eigenvalue weighted by molar-refractivity contribution is 5.60. The van der Waals surface area contributed by atoms with Crippen molar-refractivity contribution in [3.8, 4) is 11.1 Å². The van der Waals surface area contributed by atoms with Crippen LogP contribution in [0.3, 0.4) is 0 Å². The van der Waals surface area contributed by atoms with E-state index in [-0.39, 0.29) is 0 Å². The van der Waals surface area contributed by atoms with E-state index in [0.29, 0.717) is 18.0 Å². The summed E-state index contributed by atoms with van der Waals surface area (Å²) in [6.07, 6.45) is 11.6. The van der Waals surface area contributed by atoms with Gasteiger partial charge in [-0.1, -0.05) is 6.07 Å². The molecule has 104 valence electrons. The van der Waals surface area contributed by atoms with Gasteiger partial charge in [0.25, 0.3) is 0 Å². The Bertz CT molecular complexity index is 532. The van der Waals surface area contributed by atoms with Crippen molar-refractivity contribution in [3.63, 3.8) is 0 Å². The van der Waals surface area contributed by atoms with E-state index < -0.39 is 0 Å². The predicted molar refractivity (Wildman–Crippen MR) is 79.1 cm³/mol. The van der Waals surface area contributed by atoms with Crippen molar-refractivity contribution >= 4 is 5.95 Å². The first-order valence-electron chi connectivity index (χ1n) is 7.06. The molecular formula is C15H19N5. The van der Waals surface area contributed by atoms with Crippen molar-refractivity contribution in [1.29, 1.82) is 0 Å². The molecule has 1 aliphatic rings. The third-order valence-corrected chi connectivity index (χ3v) is 3.75. The molecule has 20 heavy (non-hydrogen) atoms. The number of rotatable bonds is 3. The maximum absolute atomic E-state index is 5.91. The molecule has 0 saturated heterocycles. The highest BCUT2D eigenvalue weighted by Crippen LogP contribution is 2.21. The van der Waals surface area contributed by atoms with Crippen LogP contribution in [0.4, 0.5) is 5.95 Å². The SMILES string of the molecule is NC1CCC(Nc2ncc(-c3cccnc3)cn2)CC1. The Morgan fingerprint density at radius 2 is 1.75 bits per heavy atom. The largest absolute Gasteiger partial charge is 0.351 e. The molecule has 0 bridgehead atoms. The summed E-state index contributed by atoms with van der Waals surface area (Å²) in [5.74, 6) is 0.693. The van der Waals surface area contributed by atoms with Crippen molar-refractivity contribution in [2.45, 2.75) is 37.8 Å². The standard InChI is InChI=1S/C15H19N5/c16-13-3-5-14(6-4-13)20-15-18-9-12(10-19-15)11-2-1-7-17-8-11/h1-2,7-10,13-14H,3-6,16H2,(H,18,19,20). The molecule has 1 fully saturated rings. The topological polar surface area (TPSA) is 76.7 Å². The van der Waals surface area contributed by atoms with E-state index in [1.165, 1.54) is 0 Å². The van der Waals surface area contributed by atoms with Gasteiger partial charge in [-0.05, 0) is 31.7 Å². The van der Waals surface area contributed by atoms with E-state index >= 15 is 0 Å². The Morgan fingerprint density at radius 1 is 1.00 bits per heavy atom. The summed E-state index contributed by atoms with van der Waals surface area (Å²) < 4.78 is 0. The van der Waals surface area contributed by atoms with Crippen LogP contribution in [0.5, 0.6) is 0 Å². The summed E-state index contributed by atoms with van der Waals surface area (Å²) in [4.78, 5) is 12.9. The molecule has 5 nitrogen and oxygen atoms in total. The van der Waals surface area contributed by atoms with Gasteiger partial charge in [0.1, 0.15) is 0 Å². The number of aromatic nitrogens is 3. The molecule has 0 spiro atoms. The lowest BCUT2D eigenvalue weighted by Gasteiger charge is -2.26. The molecule has 0 atom stereocenters. The summed E-state index contributed by atoms with van der Waals surface area (Å²) in [5, 5.41) is 3.39. The number of nitrogens with two attached hydrogens (primary N) is 1. The molecule has 2 heterocycles. The highest BCUT2D eigenvalue weighted by atomic mass is 15.1. The maximum Gasteiger partial charge on any atom is 0.222 e. The molecule has 3 rings (SSSR count). The van der Waals surface area contributed by atoms with Crippen molar-refractivity contribution in [2.75, 3.05) is 5.32 Å².